The van der Waals surface area contributed by atoms with Crippen molar-refractivity contribution in [3.63, 3.8) is 0 Å². The second-order valence-electron chi connectivity index (χ2n) is 6.60. The van der Waals surface area contributed by atoms with E-state index in [0.717, 1.165) is 0 Å². The zero-order valence-electron chi connectivity index (χ0n) is 15.1. The van der Waals surface area contributed by atoms with E-state index >= 15 is 0 Å². The van der Waals surface area contributed by atoms with Crippen molar-refractivity contribution in [2.24, 2.45) is 0 Å². The first kappa shape index (κ1) is 18.8. The van der Waals surface area contributed by atoms with Crippen molar-refractivity contribution < 1.29 is 19.8 Å². The largest absolute Gasteiger partial charge is 0.508 e. The van der Waals surface area contributed by atoms with Crippen molar-refractivity contribution in [2.75, 3.05) is 4.90 Å². The molecule has 1 amide bonds. The van der Waals surface area contributed by atoms with Crippen molar-refractivity contribution in [1.82, 2.24) is 0 Å². The van der Waals surface area contributed by atoms with E-state index in [9.17, 15) is 19.8 Å². The number of carbonyl (C=O) groups is 2. The number of aliphatic hydroxyl groups excluding tert-OH is 1. The van der Waals surface area contributed by atoms with Crippen molar-refractivity contribution in [1.29, 1.82) is 0 Å². The van der Waals surface area contributed by atoms with Gasteiger partial charge in [-0.3, -0.25) is 14.5 Å². The third-order valence-electron chi connectivity index (χ3n) is 4.81. The van der Waals surface area contributed by atoms with Crippen LogP contribution in [0.3, 0.4) is 0 Å². The Morgan fingerprint density at radius 1 is 0.862 bits per heavy atom. The van der Waals surface area contributed by atoms with Gasteiger partial charge in [-0.1, -0.05) is 54.1 Å². The molecule has 0 radical (unpaired) electrons. The third kappa shape index (κ3) is 3.37. The summed E-state index contributed by atoms with van der Waals surface area (Å²) in [7, 11) is 0. The Kier molecular flexibility index (Phi) is 4.82. The number of amides is 1. The highest BCUT2D eigenvalue weighted by molar-refractivity contribution is 6.51. The number of hydrogen-bond donors (Lipinski definition) is 2. The Bertz CT molecular complexity index is 1110. The molecule has 1 saturated heterocycles. The minimum Gasteiger partial charge on any atom is -0.508 e. The van der Waals surface area contributed by atoms with Gasteiger partial charge in [-0.25, -0.2) is 0 Å². The van der Waals surface area contributed by atoms with E-state index in [1.165, 1.54) is 17.0 Å². The molecule has 1 aliphatic heterocycles. The Labute approximate surface area is 172 Å². The number of benzene rings is 3. The number of phenolic OH excluding ortho intramolecular Hbond substituents is 1. The molecule has 1 fully saturated rings. The first-order chi connectivity index (χ1) is 14.0. The van der Waals surface area contributed by atoms with Crippen molar-refractivity contribution >= 4 is 34.7 Å². The molecule has 6 heteroatoms. The SMILES string of the molecule is O=C1C(=O)N(c2ccc(O)cc2)C(c2ccc(Cl)cc2)/C1=C(\O)c1ccccc1. The molecule has 4 rings (SSSR count). The Hall–Kier alpha value is -3.57. The van der Waals surface area contributed by atoms with E-state index in [4.69, 9.17) is 11.6 Å². The molecule has 1 atom stereocenters. The molecule has 0 saturated carbocycles. The van der Waals surface area contributed by atoms with Crippen LogP contribution in [0, 0.1) is 0 Å². The third-order valence-corrected chi connectivity index (χ3v) is 5.06. The van der Waals surface area contributed by atoms with Crippen LogP contribution in [0.15, 0.2) is 84.4 Å². The molecule has 3 aromatic carbocycles. The smallest absolute Gasteiger partial charge is 0.300 e. The average Bonchev–Trinajstić information content (AvgIpc) is 3.00. The highest BCUT2D eigenvalue weighted by Gasteiger charge is 2.46. The number of Topliss-reactive ketones (excluding diaryl/α,β-unsaturated/α-hetero) is 1. The quantitative estimate of drug-likeness (QED) is 0.377. The lowest BCUT2D eigenvalue weighted by atomic mass is 9.95. The molecule has 29 heavy (non-hydrogen) atoms. The lowest BCUT2D eigenvalue weighted by Gasteiger charge is -2.25. The zero-order chi connectivity index (χ0) is 20.5. The number of rotatable bonds is 3. The van der Waals surface area contributed by atoms with Crippen LogP contribution in [0.2, 0.25) is 5.02 Å². The Morgan fingerprint density at radius 3 is 2.10 bits per heavy atom. The number of anilines is 1. The van der Waals surface area contributed by atoms with Gasteiger partial charge in [-0.15, -0.1) is 0 Å². The number of hydrogen-bond acceptors (Lipinski definition) is 4. The first-order valence-electron chi connectivity index (χ1n) is 8.88. The van der Waals surface area contributed by atoms with Crippen LogP contribution in [0.1, 0.15) is 17.2 Å². The number of ketones is 1. The Morgan fingerprint density at radius 2 is 1.48 bits per heavy atom. The lowest BCUT2D eigenvalue weighted by Crippen LogP contribution is -2.29. The summed E-state index contributed by atoms with van der Waals surface area (Å²) >= 11 is 6.00. The van der Waals surface area contributed by atoms with Gasteiger partial charge in [0.25, 0.3) is 11.7 Å². The summed E-state index contributed by atoms with van der Waals surface area (Å²) < 4.78 is 0. The fourth-order valence-corrected chi connectivity index (χ4v) is 3.55. The maximum absolute atomic E-state index is 12.9. The maximum atomic E-state index is 12.9. The van der Waals surface area contributed by atoms with Crippen LogP contribution >= 0.6 is 11.6 Å². The van der Waals surface area contributed by atoms with E-state index in [1.54, 1.807) is 66.7 Å². The minimum atomic E-state index is -0.836. The molecule has 0 aliphatic carbocycles. The second-order valence-corrected chi connectivity index (χ2v) is 7.04. The second kappa shape index (κ2) is 7.45. The van der Waals surface area contributed by atoms with Gasteiger partial charge in [0.15, 0.2) is 0 Å². The molecule has 1 heterocycles. The molecule has 5 nitrogen and oxygen atoms in total. The van der Waals surface area contributed by atoms with Gasteiger partial charge in [0.05, 0.1) is 11.6 Å². The molecule has 0 aromatic heterocycles. The van der Waals surface area contributed by atoms with E-state index < -0.39 is 17.7 Å². The summed E-state index contributed by atoms with van der Waals surface area (Å²) in [5.41, 5.74) is 1.49. The van der Waals surface area contributed by atoms with Gasteiger partial charge in [-0.05, 0) is 42.0 Å². The lowest BCUT2D eigenvalue weighted by molar-refractivity contribution is -0.132. The van der Waals surface area contributed by atoms with Crippen molar-refractivity contribution in [3.8, 4) is 5.75 Å². The van der Waals surface area contributed by atoms with E-state index in [2.05, 4.69) is 0 Å². The molecule has 0 bridgehead atoms. The van der Waals surface area contributed by atoms with Crippen LogP contribution in [0.5, 0.6) is 5.75 Å². The summed E-state index contributed by atoms with van der Waals surface area (Å²) in [5, 5.41) is 21.0. The molecular weight excluding hydrogens is 390 g/mol. The summed E-state index contributed by atoms with van der Waals surface area (Å²) in [6, 6.07) is 20.5. The van der Waals surface area contributed by atoms with Crippen LogP contribution in [0.25, 0.3) is 5.76 Å². The summed E-state index contributed by atoms with van der Waals surface area (Å²) in [4.78, 5) is 27.2. The number of phenols is 1. The van der Waals surface area contributed by atoms with E-state index in [-0.39, 0.29) is 17.1 Å². The molecule has 1 unspecified atom stereocenters. The van der Waals surface area contributed by atoms with Crippen LogP contribution < -0.4 is 4.90 Å². The maximum Gasteiger partial charge on any atom is 0.300 e. The van der Waals surface area contributed by atoms with E-state index in [1.807, 2.05) is 0 Å². The average molecular weight is 406 g/mol. The standard InChI is InChI=1S/C23H16ClNO4/c24-16-8-6-14(7-9-16)20-19(21(27)15-4-2-1-3-5-15)22(28)23(29)25(20)17-10-12-18(26)13-11-17/h1-13,20,26-27H/b21-19+. The number of nitrogens with zero attached hydrogens (tertiary/aromatic N) is 1. The van der Waals surface area contributed by atoms with Gasteiger partial charge in [-0.2, -0.15) is 0 Å². The minimum absolute atomic E-state index is 0.00315. The van der Waals surface area contributed by atoms with Gasteiger partial charge in [0.2, 0.25) is 0 Å². The van der Waals surface area contributed by atoms with Crippen LogP contribution in [-0.2, 0) is 9.59 Å². The van der Waals surface area contributed by atoms with Gasteiger partial charge < -0.3 is 10.2 Å². The van der Waals surface area contributed by atoms with Crippen LogP contribution in [0.4, 0.5) is 5.69 Å². The summed E-state index contributed by atoms with van der Waals surface area (Å²) in [6.45, 7) is 0. The van der Waals surface area contributed by atoms with Crippen LogP contribution in [-0.4, -0.2) is 21.9 Å². The predicted octanol–water partition coefficient (Wildman–Crippen LogP) is 4.67. The molecule has 2 N–H and O–H groups in total. The summed E-state index contributed by atoms with van der Waals surface area (Å²) in [6.07, 6.45) is 0. The number of aliphatic hydroxyl groups is 1. The number of carbonyl (C=O) groups excluding carboxylic acids is 2. The van der Waals surface area contributed by atoms with Gasteiger partial charge in [0.1, 0.15) is 11.5 Å². The molecule has 3 aromatic rings. The molecule has 144 valence electrons. The normalized spacial score (nSPS) is 18.2. The molecule has 1 aliphatic rings. The monoisotopic (exact) mass is 405 g/mol. The molecular formula is C23H16ClNO4. The fraction of sp³-hybridized carbons (Fsp3) is 0.0435. The predicted molar refractivity (Wildman–Crippen MR) is 111 cm³/mol. The van der Waals surface area contributed by atoms with Crippen molar-refractivity contribution in [3.05, 3.63) is 101 Å². The highest BCUT2D eigenvalue weighted by atomic mass is 35.5. The van der Waals surface area contributed by atoms with Gasteiger partial charge in [0, 0.05) is 16.3 Å². The molecule has 0 spiro atoms. The van der Waals surface area contributed by atoms with Gasteiger partial charge >= 0.3 is 0 Å². The summed E-state index contributed by atoms with van der Waals surface area (Å²) in [5.74, 6) is -1.74. The number of aromatic hydroxyl groups is 1. The topological polar surface area (TPSA) is 77.8 Å². The zero-order valence-corrected chi connectivity index (χ0v) is 15.9. The first-order valence-corrected chi connectivity index (χ1v) is 9.26. The fourth-order valence-electron chi connectivity index (χ4n) is 3.42. The number of halogens is 1. The Balaban J connectivity index is 1.94. The van der Waals surface area contributed by atoms with Crippen molar-refractivity contribution in [2.45, 2.75) is 6.04 Å². The highest BCUT2D eigenvalue weighted by Crippen LogP contribution is 2.42. The van der Waals surface area contributed by atoms with E-state index in [0.29, 0.717) is 21.8 Å².